The Balaban J connectivity index is 1.42. The lowest BCUT2D eigenvalue weighted by molar-refractivity contribution is -0.145. The summed E-state index contributed by atoms with van der Waals surface area (Å²) in [7, 11) is 0. The molecule has 0 unspecified atom stereocenters. The van der Waals surface area contributed by atoms with Crippen molar-refractivity contribution in [2.45, 2.75) is 63.3 Å². The predicted octanol–water partition coefficient (Wildman–Crippen LogP) is 2.02. The van der Waals surface area contributed by atoms with E-state index in [0.29, 0.717) is 38.0 Å². The van der Waals surface area contributed by atoms with Crippen LogP contribution in [0.3, 0.4) is 0 Å². The number of piperidine rings is 1. The topological polar surface area (TPSA) is 127 Å². The molecule has 1 saturated heterocycles. The number of hydrogen-bond acceptors (Lipinski definition) is 6. The second kappa shape index (κ2) is 12.8. The third kappa shape index (κ3) is 7.05. The van der Waals surface area contributed by atoms with Crippen LogP contribution in [0.15, 0.2) is 54.6 Å². The van der Waals surface area contributed by atoms with Crippen LogP contribution < -0.4 is 5.32 Å². The number of ketones is 1. The Kier molecular flexibility index (Phi) is 9.25. The van der Waals surface area contributed by atoms with Crippen LogP contribution in [-0.4, -0.2) is 81.4 Å². The molecule has 1 fully saturated rings. The van der Waals surface area contributed by atoms with Gasteiger partial charge in [-0.1, -0.05) is 54.6 Å². The van der Waals surface area contributed by atoms with Crippen LogP contribution in [0.1, 0.15) is 53.6 Å². The minimum Gasteiger partial charge on any atom is -0.480 e. The average Bonchev–Trinajstić information content (AvgIpc) is 2.94. The molecule has 0 saturated carbocycles. The van der Waals surface area contributed by atoms with E-state index >= 15 is 0 Å². The van der Waals surface area contributed by atoms with Gasteiger partial charge in [0, 0.05) is 51.0 Å². The van der Waals surface area contributed by atoms with E-state index in [4.69, 9.17) is 0 Å². The van der Waals surface area contributed by atoms with E-state index in [0.717, 1.165) is 11.1 Å². The van der Waals surface area contributed by atoms with Crippen molar-refractivity contribution in [3.05, 3.63) is 71.3 Å². The van der Waals surface area contributed by atoms with Crippen LogP contribution in [0.25, 0.3) is 0 Å². The van der Waals surface area contributed by atoms with Crippen molar-refractivity contribution in [3.63, 3.8) is 0 Å². The fraction of sp³-hybridized carbons (Fsp3) is 0.448. The third-order valence-electron chi connectivity index (χ3n) is 7.44. The van der Waals surface area contributed by atoms with E-state index in [-0.39, 0.29) is 50.0 Å². The second-order valence-corrected chi connectivity index (χ2v) is 10.1. The first-order valence-electron chi connectivity index (χ1n) is 13.2. The van der Waals surface area contributed by atoms with Crippen molar-refractivity contribution in [2.24, 2.45) is 0 Å². The molecule has 4 rings (SSSR count). The molecule has 0 aromatic heterocycles. The quantitative estimate of drug-likeness (QED) is 0.408. The summed E-state index contributed by atoms with van der Waals surface area (Å²) in [5.41, 5.74) is 2.41. The van der Waals surface area contributed by atoms with Gasteiger partial charge in [-0.25, -0.2) is 4.79 Å². The van der Waals surface area contributed by atoms with Crippen molar-refractivity contribution >= 4 is 23.6 Å². The zero-order valence-electron chi connectivity index (χ0n) is 21.4. The number of aliphatic hydroxyl groups is 1. The molecule has 2 amide bonds. The maximum atomic E-state index is 13.4. The molecule has 2 aromatic carbocycles. The highest BCUT2D eigenvalue weighted by molar-refractivity contribution is 5.98. The molecule has 38 heavy (non-hydrogen) atoms. The van der Waals surface area contributed by atoms with Gasteiger partial charge in [-0.3, -0.25) is 14.4 Å². The molecule has 2 heterocycles. The molecule has 9 nitrogen and oxygen atoms in total. The Labute approximate surface area is 222 Å². The van der Waals surface area contributed by atoms with Crippen molar-refractivity contribution in [3.8, 4) is 0 Å². The first-order valence-corrected chi connectivity index (χ1v) is 13.2. The molecule has 0 aliphatic carbocycles. The number of aliphatic hydroxyl groups excluding tert-OH is 1. The van der Waals surface area contributed by atoms with Crippen LogP contribution >= 0.6 is 0 Å². The van der Waals surface area contributed by atoms with Crippen molar-refractivity contribution in [2.75, 3.05) is 19.6 Å². The molecule has 0 radical (unpaired) electrons. The van der Waals surface area contributed by atoms with Gasteiger partial charge in [-0.15, -0.1) is 0 Å². The number of benzene rings is 2. The molecule has 3 N–H and O–H groups in total. The number of likely N-dealkylation sites (tertiary alicyclic amines) is 1. The molecule has 2 aliphatic heterocycles. The lowest BCUT2D eigenvalue weighted by Gasteiger charge is -2.37. The molecule has 2 atom stereocenters. The van der Waals surface area contributed by atoms with Crippen molar-refractivity contribution in [1.82, 2.24) is 15.1 Å². The second-order valence-electron chi connectivity index (χ2n) is 10.1. The highest BCUT2D eigenvalue weighted by atomic mass is 16.4. The Morgan fingerprint density at radius 1 is 0.921 bits per heavy atom. The molecule has 0 spiro atoms. The van der Waals surface area contributed by atoms with E-state index in [1.54, 1.807) is 24.3 Å². The minimum atomic E-state index is -1.13. The molecular weight excluding hydrogens is 486 g/mol. The van der Waals surface area contributed by atoms with E-state index < -0.39 is 24.0 Å². The SMILES string of the molecule is O=C(CCC(=O)N1Cc2ccccc2C[C@H]1C(=O)N[C@@H](CCN1CCC(O)CC1)C(=O)O)c1ccccc1. The summed E-state index contributed by atoms with van der Waals surface area (Å²) < 4.78 is 0. The Morgan fingerprint density at radius 3 is 2.26 bits per heavy atom. The maximum absolute atomic E-state index is 13.4. The molecule has 2 aliphatic rings. The lowest BCUT2D eigenvalue weighted by Crippen LogP contribution is -2.56. The van der Waals surface area contributed by atoms with Crippen LogP contribution in [0.2, 0.25) is 0 Å². The van der Waals surface area contributed by atoms with Crippen molar-refractivity contribution in [1.29, 1.82) is 0 Å². The lowest BCUT2D eigenvalue weighted by atomic mass is 9.92. The largest absolute Gasteiger partial charge is 0.480 e. The monoisotopic (exact) mass is 521 g/mol. The summed E-state index contributed by atoms with van der Waals surface area (Å²) in [6.45, 7) is 2.08. The number of carbonyl (C=O) groups excluding carboxylic acids is 3. The number of fused-ring (bicyclic) bond motifs is 1. The first-order chi connectivity index (χ1) is 18.3. The molecule has 0 bridgehead atoms. The Hall–Kier alpha value is -3.56. The number of nitrogens with one attached hydrogen (secondary N) is 1. The van der Waals surface area contributed by atoms with Gasteiger partial charge in [-0.05, 0) is 30.4 Å². The van der Waals surface area contributed by atoms with Gasteiger partial charge in [0.05, 0.1) is 6.10 Å². The first kappa shape index (κ1) is 27.5. The molecular formula is C29H35N3O6. The standard InChI is InChI=1S/C29H35N3O6/c33-23-12-15-31(16-13-23)17-14-24(29(37)38)30-28(36)25-18-21-8-4-5-9-22(21)19-32(25)27(35)11-10-26(34)20-6-2-1-3-7-20/h1-9,23-25,33H,10-19H2,(H,30,36)(H,37,38)/t24-,25-/m0/s1. The number of Topliss-reactive ketones (excluding diaryl/α,β-unsaturated/α-hetero) is 1. The molecule has 2 aromatic rings. The number of hydrogen-bond donors (Lipinski definition) is 3. The summed E-state index contributed by atoms with van der Waals surface area (Å²) >= 11 is 0. The highest BCUT2D eigenvalue weighted by Crippen LogP contribution is 2.25. The number of amides is 2. The number of nitrogens with zero attached hydrogens (tertiary/aromatic N) is 2. The minimum absolute atomic E-state index is 0.0254. The number of carboxylic acid groups (broad SMARTS) is 1. The summed E-state index contributed by atoms with van der Waals surface area (Å²) in [6.07, 6.45) is 1.46. The summed E-state index contributed by atoms with van der Waals surface area (Å²) in [4.78, 5) is 54.8. The van der Waals surface area contributed by atoms with Gasteiger partial charge >= 0.3 is 5.97 Å². The molecule has 202 valence electrons. The van der Waals surface area contributed by atoms with Gasteiger partial charge in [0.15, 0.2) is 5.78 Å². The third-order valence-corrected chi connectivity index (χ3v) is 7.44. The van der Waals surface area contributed by atoms with Gasteiger partial charge < -0.3 is 25.3 Å². The average molecular weight is 522 g/mol. The van der Waals surface area contributed by atoms with Crippen LogP contribution in [0, 0.1) is 0 Å². The number of carboxylic acids is 1. The summed E-state index contributed by atoms with van der Waals surface area (Å²) in [6, 6.07) is 14.4. The maximum Gasteiger partial charge on any atom is 0.326 e. The summed E-state index contributed by atoms with van der Waals surface area (Å²) in [5, 5.41) is 22.1. The van der Waals surface area contributed by atoms with Gasteiger partial charge in [0.2, 0.25) is 11.8 Å². The fourth-order valence-electron chi connectivity index (χ4n) is 5.13. The van der Waals surface area contributed by atoms with E-state index in [1.165, 1.54) is 4.90 Å². The van der Waals surface area contributed by atoms with Crippen LogP contribution in [0.5, 0.6) is 0 Å². The number of rotatable bonds is 10. The highest BCUT2D eigenvalue weighted by Gasteiger charge is 2.36. The van der Waals surface area contributed by atoms with Crippen LogP contribution in [0.4, 0.5) is 0 Å². The Bertz CT molecular complexity index is 1150. The van der Waals surface area contributed by atoms with Gasteiger partial charge in [0.25, 0.3) is 0 Å². The van der Waals surface area contributed by atoms with E-state index in [2.05, 4.69) is 10.2 Å². The molecule has 9 heteroatoms. The Morgan fingerprint density at radius 2 is 1.58 bits per heavy atom. The van der Waals surface area contributed by atoms with Crippen molar-refractivity contribution < 1.29 is 29.4 Å². The summed E-state index contributed by atoms with van der Waals surface area (Å²) in [5.74, 6) is -2.10. The van der Waals surface area contributed by atoms with E-state index in [9.17, 15) is 29.4 Å². The number of carbonyl (C=O) groups is 4. The van der Waals surface area contributed by atoms with Gasteiger partial charge in [-0.2, -0.15) is 0 Å². The van der Waals surface area contributed by atoms with E-state index in [1.807, 2.05) is 30.3 Å². The normalized spacial score (nSPS) is 18.9. The smallest absolute Gasteiger partial charge is 0.326 e. The zero-order valence-corrected chi connectivity index (χ0v) is 21.4. The fourth-order valence-corrected chi connectivity index (χ4v) is 5.13. The van der Waals surface area contributed by atoms with Crippen LogP contribution in [-0.2, 0) is 27.3 Å². The zero-order chi connectivity index (χ0) is 27.1. The predicted molar refractivity (Wildman–Crippen MR) is 140 cm³/mol. The van der Waals surface area contributed by atoms with Gasteiger partial charge in [0.1, 0.15) is 12.1 Å². The number of aliphatic carboxylic acids is 1.